The SMILES string of the molecule is O=C(NC1Cc2ccccc2C1)c1csc(C2CCN(C(=O)Cc3ccc(F)cc3)CC2)n1. The van der Waals surface area contributed by atoms with Crippen LogP contribution in [0.15, 0.2) is 53.9 Å². The van der Waals surface area contributed by atoms with Gasteiger partial charge in [0.15, 0.2) is 0 Å². The van der Waals surface area contributed by atoms with Crippen molar-refractivity contribution in [2.75, 3.05) is 13.1 Å². The number of fused-ring (bicyclic) bond motifs is 1. The maximum absolute atomic E-state index is 13.1. The third kappa shape index (κ3) is 4.98. The summed E-state index contributed by atoms with van der Waals surface area (Å²) in [6.45, 7) is 1.35. The largest absolute Gasteiger partial charge is 0.347 e. The quantitative estimate of drug-likeness (QED) is 0.619. The summed E-state index contributed by atoms with van der Waals surface area (Å²) in [6, 6.07) is 14.5. The Hall–Kier alpha value is -3.06. The fraction of sp³-hybridized carbons (Fsp3) is 0.346. The second kappa shape index (κ2) is 9.43. The maximum atomic E-state index is 13.1. The van der Waals surface area contributed by atoms with E-state index in [-0.39, 0.29) is 36.0 Å². The Kier molecular flexibility index (Phi) is 6.22. The number of halogens is 1. The van der Waals surface area contributed by atoms with E-state index in [1.165, 1.54) is 34.6 Å². The van der Waals surface area contributed by atoms with E-state index in [4.69, 9.17) is 0 Å². The van der Waals surface area contributed by atoms with Gasteiger partial charge in [-0.2, -0.15) is 0 Å². The average molecular weight is 464 g/mol. The highest BCUT2D eigenvalue weighted by atomic mass is 32.1. The number of piperidine rings is 1. The van der Waals surface area contributed by atoms with Crippen LogP contribution >= 0.6 is 11.3 Å². The molecule has 5 nitrogen and oxygen atoms in total. The van der Waals surface area contributed by atoms with Crippen LogP contribution in [0.5, 0.6) is 0 Å². The minimum Gasteiger partial charge on any atom is -0.347 e. The van der Waals surface area contributed by atoms with E-state index < -0.39 is 0 Å². The van der Waals surface area contributed by atoms with Crippen LogP contribution in [-0.4, -0.2) is 40.8 Å². The molecule has 2 aromatic carbocycles. The number of aromatic nitrogens is 1. The minimum absolute atomic E-state index is 0.0665. The number of rotatable bonds is 5. The zero-order chi connectivity index (χ0) is 22.8. The van der Waals surface area contributed by atoms with Crippen molar-refractivity contribution in [3.8, 4) is 0 Å². The lowest BCUT2D eigenvalue weighted by Gasteiger charge is -2.31. The summed E-state index contributed by atoms with van der Waals surface area (Å²) in [7, 11) is 0. The molecule has 1 aliphatic heterocycles. The van der Waals surface area contributed by atoms with Crippen LogP contribution in [-0.2, 0) is 24.1 Å². The molecule has 0 saturated carbocycles. The van der Waals surface area contributed by atoms with Crippen LogP contribution < -0.4 is 5.32 Å². The van der Waals surface area contributed by atoms with Crippen molar-refractivity contribution in [1.29, 1.82) is 0 Å². The predicted molar refractivity (Wildman–Crippen MR) is 126 cm³/mol. The molecule has 0 radical (unpaired) electrons. The van der Waals surface area contributed by atoms with Crippen molar-refractivity contribution in [3.05, 3.63) is 87.1 Å². The van der Waals surface area contributed by atoms with Gasteiger partial charge in [0.2, 0.25) is 5.91 Å². The zero-order valence-corrected chi connectivity index (χ0v) is 19.1. The Morgan fingerprint density at radius 2 is 1.70 bits per heavy atom. The van der Waals surface area contributed by atoms with Gasteiger partial charge in [-0.15, -0.1) is 11.3 Å². The van der Waals surface area contributed by atoms with E-state index in [9.17, 15) is 14.0 Å². The highest BCUT2D eigenvalue weighted by Gasteiger charge is 2.27. The third-order valence-electron chi connectivity index (χ3n) is 6.61. The standard InChI is InChI=1S/C26H26FN3O2S/c27-21-7-5-17(6-8-21)13-24(31)30-11-9-18(10-12-30)26-29-23(16-33-26)25(32)28-22-14-19-3-1-2-4-20(19)15-22/h1-8,16,18,22H,9-15H2,(H,28,32). The number of thiazole rings is 1. The molecule has 1 aliphatic carbocycles. The van der Waals surface area contributed by atoms with Gasteiger partial charge in [0.05, 0.1) is 11.4 Å². The highest BCUT2D eigenvalue weighted by molar-refractivity contribution is 7.09. The molecular formula is C26H26FN3O2S. The third-order valence-corrected chi connectivity index (χ3v) is 7.61. The molecule has 1 N–H and O–H groups in total. The molecule has 5 rings (SSSR count). The van der Waals surface area contributed by atoms with Crippen molar-refractivity contribution in [2.24, 2.45) is 0 Å². The summed E-state index contributed by atoms with van der Waals surface area (Å²) in [4.78, 5) is 31.9. The number of nitrogens with zero attached hydrogens (tertiary/aromatic N) is 2. The molecule has 0 spiro atoms. The van der Waals surface area contributed by atoms with E-state index in [2.05, 4.69) is 22.4 Å². The van der Waals surface area contributed by atoms with Gasteiger partial charge >= 0.3 is 0 Å². The lowest BCUT2D eigenvalue weighted by atomic mass is 9.97. The molecule has 0 bridgehead atoms. The summed E-state index contributed by atoms with van der Waals surface area (Å²) in [5, 5.41) is 5.95. The Balaban J connectivity index is 1.12. The average Bonchev–Trinajstić information content (AvgIpc) is 3.48. The number of likely N-dealkylation sites (tertiary alicyclic amines) is 1. The zero-order valence-electron chi connectivity index (χ0n) is 18.3. The molecular weight excluding hydrogens is 437 g/mol. The molecule has 7 heteroatoms. The monoisotopic (exact) mass is 463 g/mol. The number of amides is 2. The molecule has 1 saturated heterocycles. The second-order valence-electron chi connectivity index (χ2n) is 8.88. The van der Waals surface area contributed by atoms with Crippen LogP contribution in [0.25, 0.3) is 0 Å². The smallest absolute Gasteiger partial charge is 0.270 e. The van der Waals surface area contributed by atoms with Gasteiger partial charge in [-0.3, -0.25) is 9.59 Å². The number of carbonyl (C=O) groups excluding carboxylic acids is 2. The number of nitrogens with one attached hydrogen (secondary N) is 1. The maximum Gasteiger partial charge on any atom is 0.270 e. The summed E-state index contributed by atoms with van der Waals surface area (Å²) in [5.41, 5.74) is 3.93. The first-order chi connectivity index (χ1) is 16.0. The van der Waals surface area contributed by atoms with Gasteiger partial charge in [0.25, 0.3) is 5.91 Å². The Labute approximate surface area is 196 Å². The van der Waals surface area contributed by atoms with Gasteiger partial charge in [0, 0.05) is 30.4 Å². The van der Waals surface area contributed by atoms with Crippen LogP contribution in [0.1, 0.15) is 50.9 Å². The molecule has 2 aliphatic rings. The summed E-state index contributed by atoms with van der Waals surface area (Å²) < 4.78 is 13.1. The van der Waals surface area contributed by atoms with Crippen LogP contribution in [0.3, 0.4) is 0 Å². The van der Waals surface area contributed by atoms with Crippen molar-refractivity contribution in [3.63, 3.8) is 0 Å². The number of hydrogen-bond donors (Lipinski definition) is 1. The molecule has 2 amide bonds. The molecule has 0 unspecified atom stereocenters. The normalized spacial score (nSPS) is 16.6. The van der Waals surface area contributed by atoms with Gasteiger partial charge < -0.3 is 10.2 Å². The Morgan fingerprint density at radius 3 is 2.36 bits per heavy atom. The lowest BCUT2D eigenvalue weighted by Crippen LogP contribution is -2.38. The van der Waals surface area contributed by atoms with E-state index in [1.807, 2.05) is 22.4 Å². The van der Waals surface area contributed by atoms with E-state index >= 15 is 0 Å². The van der Waals surface area contributed by atoms with Crippen molar-refractivity contribution in [2.45, 2.75) is 44.1 Å². The van der Waals surface area contributed by atoms with Gasteiger partial charge in [0.1, 0.15) is 11.5 Å². The van der Waals surface area contributed by atoms with Crippen LogP contribution in [0.4, 0.5) is 4.39 Å². The second-order valence-corrected chi connectivity index (χ2v) is 9.77. The highest BCUT2D eigenvalue weighted by Crippen LogP contribution is 2.31. The van der Waals surface area contributed by atoms with Crippen molar-refractivity contribution in [1.82, 2.24) is 15.2 Å². The molecule has 1 aromatic heterocycles. The van der Waals surface area contributed by atoms with Crippen molar-refractivity contribution >= 4 is 23.2 Å². The fourth-order valence-corrected chi connectivity index (χ4v) is 5.74. The van der Waals surface area contributed by atoms with E-state index in [1.54, 1.807) is 12.1 Å². The Bertz CT molecular complexity index is 1130. The van der Waals surface area contributed by atoms with Gasteiger partial charge in [-0.1, -0.05) is 36.4 Å². The summed E-state index contributed by atoms with van der Waals surface area (Å²) in [6.07, 6.45) is 3.69. The molecule has 3 aromatic rings. The van der Waals surface area contributed by atoms with Crippen molar-refractivity contribution < 1.29 is 14.0 Å². The van der Waals surface area contributed by atoms with Gasteiger partial charge in [-0.25, -0.2) is 9.37 Å². The van der Waals surface area contributed by atoms with Crippen LogP contribution in [0.2, 0.25) is 0 Å². The molecule has 170 valence electrons. The van der Waals surface area contributed by atoms with E-state index in [0.29, 0.717) is 18.8 Å². The van der Waals surface area contributed by atoms with E-state index in [0.717, 1.165) is 36.3 Å². The first kappa shape index (κ1) is 21.8. The Morgan fingerprint density at radius 1 is 1.03 bits per heavy atom. The summed E-state index contributed by atoms with van der Waals surface area (Å²) in [5.74, 6) is -0.0713. The van der Waals surface area contributed by atoms with Gasteiger partial charge in [-0.05, 0) is 54.5 Å². The first-order valence-electron chi connectivity index (χ1n) is 11.4. The van der Waals surface area contributed by atoms with Crippen LogP contribution in [0, 0.1) is 5.82 Å². The lowest BCUT2D eigenvalue weighted by molar-refractivity contribution is -0.131. The molecule has 0 atom stereocenters. The summed E-state index contributed by atoms with van der Waals surface area (Å²) >= 11 is 1.53. The predicted octanol–water partition coefficient (Wildman–Crippen LogP) is 4.13. The molecule has 2 heterocycles. The molecule has 1 fully saturated rings. The molecule has 33 heavy (non-hydrogen) atoms. The topological polar surface area (TPSA) is 62.3 Å². The fourth-order valence-electron chi connectivity index (χ4n) is 4.76. The number of carbonyl (C=O) groups is 2. The number of benzene rings is 2. The number of hydrogen-bond acceptors (Lipinski definition) is 4. The minimum atomic E-state index is -0.295. The first-order valence-corrected chi connectivity index (χ1v) is 12.3.